The van der Waals surface area contributed by atoms with E-state index in [1.807, 2.05) is 0 Å². The van der Waals surface area contributed by atoms with Gasteiger partial charge in [-0.05, 0) is 23.8 Å². The summed E-state index contributed by atoms with van der Waals surface area (Å²) in [6.07, 6.45) is 0. The summed E-state index contributed by atoms with van der Waals surface area (Å²) in [5.41, 5.74) is 1.48. The lowest BCUT2D eigenvalue weighted by Crippen LogP contribution is -2.29. The van der Waals surface area contributed by atoms with Gasteiger partial charge in [0.25, 0.3) is 11.8 Å². The van der Waals surface area contributed by atoms with Gasteiger partial charge in [0.15, 0.2) is 11.5 Å². The molecule has 6 heteroatoms. The zero-order valence-electron chi connectivity index (χ0n) is 11.3. The number of benzene rings is 2. The first-order valence-corrected chi connectivity index (χ1v) is 7.06. The molecule has 2 aliphatic rings. The van der Waals surface area contributed by atoms with E-state index in [1.54, 1.807) is 36.4 Å². The molecule has 22 heavy (non-hydrogen) atoms. The van der Waals surface area contributed by atoms with Crippen molar-refractivity contribution in [2.45, 2.75) is 6.54 Å². The molecule has 0 saturated carbocycles. The van der Waals surface area contributed by atoms with Gasteiger partial charge in [-0.2, -0.15) is 0 Å². The maximum atomic E-state index is 12.4. The highest BCUT2D eigenvalue weighted by molar-refractivity contribution is 6.31. The molecule has 0 aliphatic carbocycles. The fraction of sp³-hybridized carbons (Fsp3) is 0.125. The third-order valence-corrected chi connectivity index (χ3v) is 4.10. The standard InChI is InChI=1S/C16H10ClNO4/c17-12-6-14-13(21-8-22-14)5-9(12)7-18-15(19)10-3-1-2-4-11(10)16(18)20/h1-6H,7-8H2. The molecule has 0 aromatic heterocycles. The summed E-state index contributed by atoms with van der Waals surface area (Å²) in [4.78, 5) is 25.9. The number of fused-ring (bicyclic) bond motifs is 2. The van der Waals surface area contributed by atoms with E-state index in [-0.39, 0.29) is 25.2 Å². The van der Waals surface area contributed by atoms with Crippen LogP contribution in [0.15, 0.2) is 36.4 Å². The van der Waals surface area contributed by atoms with Gasteiger partial charge in [0.2, 0.25) is 6.79 Å². The van der Waals surface area contributed by atoms with E-state index in [9.17, 15) is 9.59 Å². The molecule has 110 valence electrons. The number of hydrogen-bond donors (Lipinski definition) is 0. The summed E-state index contributed by atoms with van der Waals surface area (Å²) in [7, 11) is 0. The molecule has 0 bridgehead atoms. The highest BCUT2D eigenvalue weighted by Crippen LogP contribution is 2.38. The van der Waals surface area contributed by atoms with E-state index in [4.69, 9.17) is 21.1 Å². The van der Waals surface area contributed by atoms with Gasteiger partial charge in [0, 0.05) is 11.1 Å². The molecule has 0 radical (unpaired) electrons. The molecule has 4 rings (SSSR count). The van der Waals surface area contributed by atoms with Crippen LogP contribution < -0.4 is 9.47 Å². The smallest absolute Gasteiger partial charge is 0.261 e. The van der Waals surface area contributed by atoms with Crippen LogP contribution in [-0.2, 0) is 6.54 Å². The number of imide groups is 1. The first-order valence-electron chi connectivity index (χ1n) is 6.68. The van der Waals surface area contributed by atoms with E-state index in [0.29, 0.717) is 33.2 Å². The van der Waals surface area contributed by atoms with Gasteiger partial charge in [-0.25, -0.2) is 0 Å². The number of rotatable bonds is 2. The largest absolute Gasteiger partial charge is 0.454 e. The van der Waals surface area contributed by atoms with Crippen molar-refractivity contribution >= 4 is 23.4 Å². The van der Waals surface area contributed by atoms with Crippen molar-refractivity contribution in [3.63, 3.8) is 0 Å². The van der Waals surface area contributed by atoms with Crippen LogP contribution in [0, 0.1) is 0 Å². The molecule has 2 aliphatic heterocycles. The number of nitrogens with zero attached hydrogens (tertiary/aromatic N) is 1. The summed E-state index contributed by atoms with van der Waals surface area (Å²) in [5, 5.41) is 0.431. The number of amides is 2. The van der Waals surface area contributed by atoms with Crippen molar-refractivity contribution in [3.05, 3.63) is 58.1 Å². The Balaban J connectivity index is 1.68. The van der Waals surface area contributed by atoms with Crippen molar-refractivity contribution in [1.82, 2.24) is 4.90 Å². The van der Waals surface area contributed by atoms with Gasteiger partial charge in [-0.3, -0.25) is 14.5 Å². The first-order chi connectivity index (χ1) is 10.6. The van der Waals surface area contributed by atoms with Crippen molar-refractivity contribution < 1.29 is 19.1 Å². The second kappa shape index (κ2) is 4.74. The van der Waals surface area contributed by atoms with Gasteiger partial charge >= 0.3 is 0 Å². The van der Waals surface area contributed by atoms with Crippen LogP contribution >= 0.6 is 11.6 Å². The highest BCUT2D eigenvalue weighted by atomic mass is 35.5. The molecule has 2 aromatic rings. The van der Waals surface area contributed by atoms with Gasteiger partial charge < -0.3 is 9.47 Å². The topological polar surface area (TPSA) is 55.8 Å². The average molecular weight is 316 g/mol. The van der Waals surface area contributed by atoms with E-state index in [2.05, 4.69) is 0 Å². The van der Waals surface area contributed by atoms with E-state index >= 15 is 0 Å². The van der Waals surface area contributed by atoms with Crippen LogP contribution in [0.5, 0.6) is 11.5 Å². The number of halogens is 1. The average Bonchev–Trinajstić information content (AvgIpc) is 3.06. The minimum Gasteiger partial charge on any atom is -0.454 e. The molecule has 0 spiro atoms. The van der Waals surface area contributed by atoms with Gasteiger partial charge in [-0.15, -0.1) is 0 Å². The lowest BCUT2D eigenvalue weighted by molar-refractivity contribution is 0.0642. The zero-order chi connectivity index (χ0) is 15.3. The summed E-state index contributed by atoms with van der Waals surface area (Å²) in [5.74, 6) is 0.510. The molecule has 0 fully saturated rings. The Morgan fingerprint density at radius 1 is 1.00 bits per heavy atom. The second-order valence-electron chi connectivity index (χ2n) is 5.04. The Labute approximate surface area is 131 Å². The first kappa shape index (κ1) is 13.2. The number of ether oxygens (including phenoxy) is 2. The molecular weight excluding hydrogens is 306 g/mol. The molecule has 2 amide bonds. The maximum absolute atomic E-state index is 12.4. The highest BCUT2D eigenvalue weighted by Gasteiger charge is 2.35. The lowest BCUT2D eigenvalue weighted by Gasteiger charge is -2.15. The van der Waals surface area contributed by atoms with Crippen LogP contribution in [-0.4, -0.2) is 23.5 Å². The van der Waals surface area contributed by atoms with E-state index in [0.717, 1.165) is 0 Å². The lowest BCUT2D eigenvalue weighted by atomic mass is 10.1. The van der Waals surface area contributed by atoms with Crippen molar-refractivity contribution in [2.24, 2.45) is 0 Å². The van der Waals surface area contributed by atoms with Crippen molar-refractivity contribution in [3.8, 4) is 11.5 Å². The number of hydrogen-bond acceptors (Lipinski definition) is 4. The normalized spacial score (nSPS) is 15.4. The van der Waals surface area contributed by atoms with E-state index in [1.165, 1.54) is 4.90 Å². The number of carbonyl (C=O) groups is 2. The van der Waals surface area contributed by atoms with Crippen molar-refractivity contribution in [1.29, 1.82) is 0 Å². The third-order valence-electron chi connectivity index (χ3n) is 3.75. The molecule has 2 heterocycles. The molecule has 0 N–H and O–H groups in total. The molecule has 2 aromatic carbocycles. The third kappa shape index (κ3) is 1.86. The Morgan fingerprint density at radius 3 is 2.23 bits per heavy atom. The second-order valence-corrected chi connectivity index (χ2v) is 5.45. The molecule has 0 atom stereocenters. The Kier molecular flexibility index (Phi) is 2.84. The van der Waals surface area contributed by atoms with Gasteiger partial charge in [-0.1, -0.05) is 23.7 Å². The molecular formula is C16H10ClNO4. The minimum absolute atomic E-state index is 0.0990. The Hall–Kier alpha value is -2.53. The predicted molar refractivity (Wildman–Crippen MR) is 78.2 cm³/mol. The van der Waals surface area contributed by atoms with Crippen LogP contribution in [0.25, 0.3) is 0 Å². The van der Waals surface area contributed by atoms with E-state index < -0.39 is 0 Å². The molecule has 0 saturated heterocycles. The predicted octanol–water partition coefficient (Wildman–Crippen LogP) is 2.86. The molecule has 5 nitrogen and oxygen atoms in total. The minimum atomic E-state index is -0.311. The number of carbonyl (C=O) groups excluding carboxylic acids is 2. The quantitative estimate of drug-likeness (QED) is 0.800. The van der Waals surface area contributed by atoms with Crippen molar-refractivity contribution in [2.75, 3.05) is 6.79 Å². The summed E-state index contributed by atoms with van der Waals surface area (Å²) >= 11 is 6.21. The summed E-state index contributed by atoms with van der Waals surface area (Å²) in [6.45, 7) is 0.240. The molecule has 0 unspecified atom stereocenters. The van der Waals surface area contributed by atoms with Gasteiger partial charge in [0.05, 0.1) is 17.7 Å². The van der Waals surface area contributed by atoms with Crippen LogP contribution in [0.2, 0.25) is 5.02 Å². The van der Waals surface area contributed by atoms with Crippen LogP contribution in [0.4, 0.5) is 0 Å². The Morgan fingerprint density at radius 2 is 1.59 bits per heavy atom. The fourth-order valence-corrected chi connectivity index (χ4v) is 2.85. The fourth-order valence-electron chi connectivity index (χ4n) is 2.63. The maximum Gasteiger partial charge on any atom is 0.261 e. The SMILES string of the molecule is O=C1c2ccccc2C(=O)N1Cc1cc2c(cc1Cl)OCO2. The Bertz CT molecular complexity index is 783. The zero-order valence-corrected chi connectivity index (χ0v) is 12.1. The van der Waals surface area contributed by atoms with Crippen LogP contribution in [0.3, 0.4) is 0 Å². The van der Waals surface area contributed by atoms with Gasteiger partial charge in [0.1, 0.15) is 0 Å². The summed E-state index contributed by atoms with van der Waals surface area (Å²) < 4.78 is 10.5. The summed E-state index contributed by atoms with van der Waals surface area (Å²) in [6, 6.07) is 10.1. The van der Waals surface area contributed by atoms with Crippen LogP contribution in [0.1, 0.15) is 26.3 Å². The monoisotopic (exact) mass is 315 g/mol.